The third-order valence-electron chi connectivity index (χ3n) is 13.3. The standard InChI is InChI=1S/C37H73N5O3/c1-27(10-6-20-42-19-5-4-15-38)30-11-12-31-35-32(26-34(37(30,31)3)45-23-9-18-41)36(2)14-13-29(43-21-7-16-39)24-28(36)25-33(35)44-22-8-17-40/h27-35,42H,4-26,38-41H2,1-3H3/t27-,28+,29-,30-,31+,32+,33-,34+,35+,36+,37-/m1/s1. The smallest absolute Gasteiger partial charge is 0.0637 e. The molecular formula is C37H73N5O3. The van der Waals surface area contributed by atoms with Crippen LogP contribution in [0.5, 0.6) is 0 Å². The minimum Gasteiger partial charge on any atom is -0.378 e. The van der Waals surface area contributed by atoms with E-state index >= 15 is 0 Å². The van der Waals surface area contributed by atoms with Crippen LogP contribution in [0.2, 0.25) is 0 Å². The van der Waals surface area contributed by atoms with Crippen LogP contribution in [0.3, 0.4) is 0 Å². The fourth-order valence-electron chi connectivity index (χ4n) is 10.9. The van der Waals surface area contributed by atoms with Crippen molar-refractivity contribution in [1.29, 1.82) is 0 Å². The fraction of sp³-hybridized carbons (Fsp3) is 1.00. The lowest BCUT2D eigenvalue weighted by Crippen LogP contribution is -2.63. The molecule has 4 fully saturated rings. The predicted octanol–water partition coefficient (Wildman–Crippen LogP) is 4.81. The summed E-state index contributed by atoms with van der Waals surface area (Å²) in [6.45, 7) is 15.2. The normalized spacial score (nSPS) is 38.5. The number of hydrogen-bond donors (Lipinski definition) is 5. The Hall–Kier alpha value is -0.320. The Morgan fingerprint density at radius 3 is 2.09 bits per heavy atom. The highest BCUT2D eigenvalue weighted by Gasteiger charge is 2.66. The Bertz CT molecular complexity index is 836. The van der Waals surface area contributed by atoms with E-state index < -0.39 is 0 Å². The molecule has 264 valence electrons. The maximum Gasteiger partial charge on any atom is 0.0637 e. The third kappa shape index (κ3) is 8.83. The lowest BCUT2D eigenvalue weighted by Gasteiger charge is -2.65. The minimum atomic E-state index is 0.172. The first kappa shape index (κ1) is 37.5. The molecule has 4 aliphatic carbocycles. The Morgan fingerprint density at radius 1 is 0.711 bits per heavy atom. The molecule has 0 spiro atoms. The number of fused-ring (bicyclic) bond motifs is 5. The Kier molecular flexibility index (Phi) is 15.4. The van der Waals surface area contributed by atoms with Gasteiger partial charge in [-0.2, -0.15) is 0 Å². The van der Waals surface area contributed by atoms with Crippen molar-refractivity contribution < 1.29 is 14.2 Å². The summed E-state index contributed by atoms with van der Waals surface area (Å²) in [5.41, 5.74) is 23.9. The van der Waals surface area contributed by atoms with Crippen LogP contribution in [0.1, 0.15) is 111 Å². The van der Waals surface area contributed by atoms with Crippen LogP contribution in [-0.2, 0) is 14.2 Å². The second kappa shape index (κ2) is 18.4. The maximum atomic E-state index is 7.00. The van der Waals surface area contributed by atoms with Gasteiger partial charge in [0.1, 0.15) is 0 Å². The molecule has 0 radical (unpaired) electrons. The highest BCUT2D eigenvalue weighted by Crippen LogP contribution is 2.69. The first-order valence-electron chi connectivity index (χ1n) is 19.2. The predicted molar refractivity (Wildman–Crippen MR) is 186 cm³/mol. The van der Waals surface area contributed by atoms with Gasteiger partial charge in [0.2, 0.25) is 0 Å². The molecule has 11 atom stereocenters. The van der Waals surface area contributed by atoms with Gasteiger partial charge in [-0.1, -0.05) is 20.8 Å². The average molecular weight is 636 g/mol. The van der Waals surface area contributed by atoms with Crippen LogP contribution in [0.4, 0.5) is 0 Å². The minimum absolute atomic E-state index is 0.172. The molecule has 0 aromatic heterocycles. The molecule has 0 aromatic carbocycles. The first-order chi connectivity index (χ1) is 21.8. The first-order valence-corrected chi connectivity index (χ1v) is 19.2. The van der Waals surface area contributed by atoms with Crippen molar-refractivity contribution >= 4 is 0 Å². The zero-order valence-electron chi connectivity index (χ0n) is 29.5. The lowest BCUT2D eigenvalue weighted by atomic mass is 9.43. The van der Waals surface area contributed by atoms with E-state index in [4.69, 9.17) is 37.1 Å². The van der Waals surface area contributed by atoms with Crippen molar-refractivity contribution in [3.05, 3.63) is 0 Å². The summed E-state index contributed by atoms with van der Waals surface area (Å²) in [4.78, 5) is 0. The van der Waals surface area contributed by atoms with Gasteiger partial charge in [-0.3, -0.25) is 0 Å². The summed E-state index contributed by atoms with van der Waals surface area (Å²) in [6.07, 6.45) is 17.1. The Balaban J connectivity index is 1.54. The van der Waals surface area contributed by atoms with Crippen molar-refractivity contribution in [2.45, 2.75) is 129 Å². The van der Waals surface area contributed by atoms with Crippen LogP contribution < -0.4 is 28.3 Å². The van der Waals surface area contributed by atoms with E-state index in [1.807, 2.05) is 0 Å². The van der Waals surface area contributed by atoms with E-state index in [1.165, 1.54) is 51.4 Å². The van der Waals surface area contributed by atoms with E-state index in [0.29, 0.717) is 78.9 Å². The second-order valence-corrected chi connectivity index (χ2v) is 15.8. The third-order valence-corrected chi connectivity index (χ3v) is 13.3. The highest BCUT2D eigenvalue weighted by molar-refractivity contribution is 5.15. The Labute approximate surface area is 276 Å². The summed E-state index contributed by atoms with van der Waals surface area (Å²) < 4.78 is 20.3. The van der Waals surface area contributed by atoms with E-state index in [9.17, 15) is 0 Å². The van der Waals surface area contributed by atoms with Crippen LogP contribution in [0.25, 0.3) is 0 Å². The molecule has 0 aromatic rings. The topological polar surface area (TPSA) is 144 Å². The number of rotatable bonds is 21. The lowest BCUT2D eigenvalue weighted by molar-refractivity contribution is -0.227. The van der Waals surface area contributed by atoms with Crippen molar-refractivity contribution in [2.75, 3.05) is 59.1 Å². The van der Waals surface area contributed by atoms with Gasteiger partial charge in [-0.05, 0) is 170 Å². The van der Waals surface area contributed by atoms with Crippen molar-refractivity contribution in [3.8, 4) is 0 Å². The molecule has 9 N–H and O–H groups in total. The molecule has 45 heavy (non-hydrogen) atoms. The van der Waals surface area contributed by atoms with E-state index in [2.05, 4.69) is 26.1 Å². The fourth-order valence-corrected chi connectivity index (χ4v) is 10.9. The van der Waals surface area contributed by atoms with Gasteiger partial charge in [0, 0.05) is 25.2 Å². The van der Waals surface area contributed by atoms with Gasteiger partial charge in [-0.25, -0.2) is 0 Å². The SMILES string of the molecule is C[C@H](CCCNCCCCN)[C@H]1CC[C@H]2[C@@H]3[C@H](OCCCN)C[C@@H]4C[C@H](OCCCN)CC[C@]4(C)[C@H]3C[C@H](OCCCN)[C@]12C. The molecule has 0 heterocycles. The molecule has 0 unspecified atom stereocenters. The van der Waals surface area contributed by atoms with Crippen LogP contribution in [0.15, 0.2) is 0 Å². The zero-order valence-corrected chi connectivity index (χ0v) is 29.5. The molecule has 4 saturated carbocycles. The monoisotopic (exact) mass is 636 g/mol. The molecular weight excluding hydrogens is 562 g/mol. The summed E-state index contributed by atoms with van der Waals surface area (Å²) in [6, 6.07) is 0. The van der Waals surface area contributed by atoms with Crippen LogP contribution in [0, 0.1) is 46.3 Å². The second-order valence-electron chi connectivity index (χ2n) is 15.8. The molecule has 4 aliphatic rings. The largest absolute Gasteiger partial charge is 0.378 e. The molecule has 0 amide bonds. The zero-order chi connectivity index (χ0) is 32.3. The summed E-state index contributed by atoms with van der Waals surface area (Å²) in [5.74, 6) is 3.86. The van der Waals surface area contributed by atoms with Crippen LogP contribution >= 0.6 is 0 Å². The van der Waals surface area contributed by atoms with Crippen molar-refractivity contribution in [1.82, 2.24) is 5.32 Å². The number of ether oxygens (including phenoxy) is 3. The van der Waals surface area contributed by atoms with Gasteiger partial charge in [-0.15, -0.1) is 0 Å². The average Bonchev–Trinajstić information content (AvgIpc) is 3.39. The van der Waals surface area contributed by atoms with Gasteiger partial charge in [0.25, 0.3) is 0 Å². The van der Waals surface area contributed by atoms with Crippen molar-refractivity contribution in [2.24, 2.45) is 69.3 Å². The molecule has 0 aliphatic heterocycles. The number of hydrogen-bond acceptors (Lipinski definition) is 8. The van der Waals surface area contributed by atoms with E-state index in [1.54, 1.807) is 0 Å². The Morgan fingerprint density at radius 2 is 1.38 bits per heavy atom. The highest BCUT2D eigenvalue weighted by atomic mass is 16.5. The number of nitrogens with two attached hydrogens (primary N) is 4. The molecule has 0 bridgehead atoms. The van der Waals surface area contributed by atoms with E-state index in [0.717, 1.165) is 78.0 Å². The van der Waals surface area contributed by atoms with Gasteiger partial charge in [0.05, 0.1) is 18.3 Å². The number of nitrogens with one attached hydrogen (secondary N) is 1. The maximum absolute atomic E-state index is 7.00. The molecule has 4 rings (SSSR count). The van der Waals surface area contributed by atoms with Gasteiger partial charge < -0.3 is 42.5 Å². The van der Waals surface area contributed by atoms with Gasteiger partial charge >= 0.3 is 0 Å². The summed E-state index contributed by atoms with van der Waals surface area (Å²) in [7, 11) is 0. The summed E-state index contributed by atoms with van der Waals surface area (Å²) in [5, 5.41) is 3.66. The quantitative estimate of drug-likeness (QED) is 0.113. The van der Waals surface area contributed by atoms with Gasteiger partial charge in [0.15, 0.2) is 0 Å². The van der Waals surface area contributed by atoms with E-state index in [-0.39, 0.29) is 5.41 Å². The number of unbranched alkanes of at least 4 members (excludes halogenated alkanes) is 1. The molecule has 8 nitrogen and oxygen atoms in total. The summed E-state index contributed by atoms with van der Waals surface area (Å²) >= 11 is 0. The van der Waals surface area contributed by atoms with Crippen molar-refractivity contribution in [3.63, 3.8) is 0 Å². The molecule has 0 saturated heterocycles. The molecule has 8 heteroatoms. The van der Waals surface area contributed by atoms with Crippen LogP contribution in [-0.4, -0.2) is 77.4 Å².